The molecule has 23 rings (SSSR count). The maximum absolute atomic E-state index is 12.0. The molecule has 5 amide bonds. The van der Waals surface area contributed by atoms with Crippen LogP contribution in [-0.2, 0) is 28.7 Å². The zero-order valence-electron chi connectivity index (χ0n) is 74.1. The van der Waals surface area contributed by atoms with Crippen molar-refractivity contribution in [3.8, 4) is 0 Å². The Morgan fingerprint density at radius 2 is 0.735 bits per heavy atom. The summed E-state index contributed by atoms with van der Waals surface area (Å²) in [6.07, 6.45) is 36.2. The number of carbonyl (C=O) groups excluding carboxylic acids is 5. The second-order valence-electron chi connectivity index (χ2n) is 35.3. The molecule has 0 bridgehead atoms. The number of fused-ring (bicyclic) bond motifs is 5. The minimum atomic E-state index is -0.105. The number of carbonyl (C=O) groups is 5. The number of methoxy groups -OCH3 is 1. The maximum Gasteiger partial charge on any atom is 0.251 e. The molecule has 41 nitrogen and oxygen atoms in total. The molecule has 1 aromatic carbocycles. The van der Waals surface area contributed by atoms with Gasteiger partial charge in [-0.25, -0.2) is 0 Å². The van der Waals surface area contributed by atoms with Gasteiger partial charge in [-0.05, 0) is 168 Å². The lowest BCUT2D eigenvalue weighted by atomic mass is 10.1. The van der Waals surface area contributed by atoms with Crippen LogP contribution in [0.4, 0.5) is 59.5 Å². The number of allylic oxidation sites excluding steroid dienone is 5. The van der Waals surface area contributed by atoms with Crippen LogP contribution >= 0.6 is 0 Å². The third-order valence-electron chi connectivity index (χ3n) is 23.5. The number of anilines is 10. The fourth-order valence-electron chi connectivity index (χ4n) is 15.1. The highest BCUT2D eigenvalue weighted by Gasteiger charge is 2.35. The average Bonchev–Trinajstić information content (AvgIpc) is 1.64. The van der Waals surface area contributed by atoms with E-state index in [0.717, 1.165) is 144 Å². The minimum absolute atomic E-state index is 0.0333. The summed E-state index contributed by atoms with van der Waals surface area (Å²) < 4.78 is 13.6. The van der Waals surface area contributed by atoms with Crippen molar-refractivity contribution in [2.24, 2.45) is 5.92 Å². The van der Waals surface area contributed by atoms with E-state index in [0.29, 0.717) is 204 Å². The Morgan fingerprint density at radius 3 is 1.08 bits per heavy atom. The van der Waals surface area contributed by atoms with E-state index in [-0.39, 0.29) is 35.6 Å². The van der Waals surface area contributed by atoms with Gasteiger partial charge >= 0.3 is 0 Å². The van der Waals surface area contributed by atoms with E-state index in [4.69, 9.17) is 14.7 Å². The zero-order valence-corrected chi connectivity index (χ0v) is 74.1. The van der Waals surface area contributed by atoms with Crippen LogP contribution in [0.3, 0.4) is 0 Å². The number of aromatic nitrogens is 20. The Kier molecular flexibility index (Phi) is 23.9. The summed E-state index contributed by atoms with van der Waals surface area (Å²) in [5.41, 5.74) is 16.1. The van der Waals surface area contributed by atoms with Crippen LogP contribution in [0.15, 0.2) is 151 Å². The van der Waals surface area contributed by atoms with E-state index in [1.54, 1.807) is 60.7 Å². The molecule has 680 valence electrons. The van der Waals surface area contributed by atoms with E-state index in [1.807, 2.05) is 67.6 Å². The molecule has 7 saturated carbocycles. The van der Waals surface area contributed by atoms with Crippen molar-refractivity contribution < 1.29 is 28.7 Å². The summed E-state index contributed by atoms with van der Waals surface area (Å²) in [7, 11) is 5.46. The molecule has 0 unspecified atom stereocenters. The summed E-state index contributed by atoms with van der Waals surface area (Å²) in [4.78, 5) is 106. The van der Waals surface area contributed by atoms with Crippen LogP contribution in [0, 0.1) is 5.92 Å². The van der Waals surface area contributed by atoms with E-state index in [1.165, 1.54) is 12.8 Å². The Bertz CT molecular complexity index is 6650. The monoisotopic (exact) mass is 1780 g/mol. The molecule has 0 radical (unpaired) electrons. The third kappa shape index (κ3) is 20.7. The molecule has 2 atom stereocenters. The normalized spacial score (nSPS) is 20.1. The van der Waals surface area contributed by atoms with Gasteiger partial charge in [-0.2, -0.15) is 97.9 Å². The molecule has 11 aromatic rings. The molecule has 5 aliphatic heterocycles. The van der Waals surface area contributed by atoms with Crippen LogP contribution in [0.5, 0.6) is 0 Å². The molecule has 41 heteroatoms. The van der Waals surface area contributed by atoms with Crippen LogP contribution in [0.2, 0.25) is 0 Å². The van der Waals surface area contributed by atoms with E-state index in [9.17, 15) is 24.0 Å². The van der Waals surface area contributed by atoms with Crippen molar-refractivity contribution in [1.82, 2.24) is 124 Å². The number of ether oxygens (including phenoxy) is 1. The number of amides is 5. The molecule has 0 spiro atoms. The highest BCUT2D eigenvalue weighted by atomic mass is 16.5. The largest absolute Gasteiger partial charge is 0.383 e. The van der Waals surface area contributed by atoms with Gasteiger partial charge in [0.15, 0.2) is 28.2 Å². The molecular weight excluding hydrogens is 1680 g/mol. The second-order valence-corrected chi connectivity index (χ2v) is 35.3. The van der Waals surface area contributed by atoms with Gasteiger partial charge < -0.3 is 84.1 Å². The lowest BCUT2D eigenvalue weighted by Gasteiger charge is -2.15. The number of benzene rings is 1. The number of hydrogen-bond acceptors (Lipinski definition) is 31. The fourth-order valence-corrected chi connectivity index (χ4v) is 15.1. The van der Waals surface area contributed by atoms with Crippen LogP contribution in [-0.4, -0.2) is 204 Å². The zero-order chi connectivity index (χ0) is 91.1. The predicted octanol–water partition coefficient (Wildman–Crippen LogP) is 9.66. The van der Waals surface area contributed by atoms with Gasteiger partial charge in [0.2, 0.25) is 83.1 Å². The summed E-state index contributed by atoms with van der Waals surface area (Å²) in [5.74, 6) is 6.71. The standard InChI is InChI=1S/C22H23N7O.C19H23N7O.C17H21N7O2.C17H19N7O.C16H19N7O/c1-13(15-6-4-3-5-7-15)25-21-27-20-17(10-16-11-19(30)24-14(16)2)12-23-29(20)22(28-21)26-18-8-9-18;1-10(12-3-4-12)22-18-24-17-14(7-13-8-16(27)21-11(13)2)9-20-26(17)19(25-18)23-15-5-6-15;1-10-11(8-14(25)20-10)7-12-9-19-24-15(12)22-16(18-5-6-26-2)23-17(24)21-13-3-4-13;1-9-6-10(15(25)19-9)7-11-8-18-24-14(11)22-16(20-12-2-3-12)23-17(24)21-13-4-5-13;1-9-10(7-13(24)18-9)6-11-8-17-23-14(11)20-15(22(2)3)21-16(23)19-12-4-5-12/h3-7,10,12-13,18H,2,8-9,11H2,1H3,(H,24,30)(H2,25,26,27,28);7,9-10,12,15H,2-6,8H2,1H3,(H,21,27)(H2,22,23,24,25);7,9,13H,1,3-6,8H2,2H3,(H,20,25)(H2,18,21,22,23);7-8,12-13H,1-6H2,(H,19,25)(H2,20,21,22,23);6,8,12H,1,4-5,7H2,2-3H3,(H,18,24)(H,19,20,21)/b16-10+;13-7+;11-7+;10-7+;10-6+/t13-;10-;;;/m00.../s1. The molecular formula is C91H105N35O6. The smallest absolute Gasteiger partial charge is 0.251 e. The molecule has 14 N–H and O–H groups in total. The van der Waals surface area contributed by atoms with Gasteiger partial charge in [-0.3, -0.25) is 24.0 Å². The molecule has 7 aliphatic carbocycles. The van der Waals surface area contributed by atoms with Gasteiger partial charge in [-0.1, -0.05) is 63.2 Å². The van der Waals surface area contributed by atoms with Gasteiger partial charge in [-0.15, -0.1) is 0 Å². The molecule has 5 saturated heterocycles. The predicted molar refractivity (Wildman–Crippen MR) is 502 cm³/mol. The summed E-state index contributed by atoms with van der Waals surface area (Å²) in [5, 5.41) is 66.3. The average molecular weight is 1790 g/mol. The second kappa shape index (κ2) is 36.7. The summed E-state index contributed by atoms with van der Waals surface area (Å²) in [6.45, 7) is 24.8. The first-order valence-corrected chi connectivity index (χ1v) is 44.8. The first kappa shape index (κ1) is 86.1. The Morgan fingerprint density at radius 1 is 0.402 bits per heavy atom. The number of nitrogens with zero attached hydrogens (tertiary/aromatic N) is 21. The first-order chi connectivity index (χ1) is 63.9. The van der Waals surface area contributed by atoms with Crippen molar-refractivity contribution in [2.75, 3.05) is 87.1 Å². The Labute approximate surface area is 758 Å². The van der Waals surface area contributed by atoms with Crippen molar-refractivity contribution in [2.45, 2.75) is 184 Å². The lowest BCUT2D eigenvalue weighted by Crippen LogP contribution is -2.21. The molecule has 10 aromatic heterocycles. The molecule has 12 fully saturated rings. The van der Waals surface area contributed by atoms with E-state index < -0.39 is 0 Å². The van der Waals surface area contributed by atoms with Crippen molar-refractivity contribution in [3.05, 3.63) is 184 Å². The SMILES string of the molecule is C=C1C/C(=C\c2cnn3c(NC4CC4)nc(NC4CC4)nc23)C(=O)N1.C=C1NC(=O)C/C1=C\c1cnn2c(NC3CC3)nc(N(C)C)nc12.C=C1NC(=O)C/C1=C\c1cnn2c(NC3CC3)nc(NCCOC)nc12.C=C1NC(=O)C/C1=C\c1cnn2c(NC3CC3)nc(N[C@@H](C)C3CC3)nc12.C=C1NC(=O)C/C1=C\c1cnn2c(NC3CC3)nc(N[C@@H](C)c3ccccc3)nc12. The molecule has 12 aliphatic rings. The highest BCUT2D eigenvalue weighted by Crippen LogP contribution is 2.38. The minimum Gasteiger partial charge on any atom is -0.383 e. The Balaban J connectivity index is 0.000000107. The van der Waals surface area contributed by atoms with Gasteiger partial charge in [0.1, 0.15) is 0 Å². The number of hydrogen-bond donors (Lipinski definition) is 14. The lowest BCUT2D eigenvalue weighted by molar-refractivity contribution is -0.119. The highest BCUT2D eigenvalue weighted by molar-refractivity contribution is 6.03. The Hall–Kier alpha value is -15.3. The van der Waals surface area contributed by atoms with E-state index >= 15 is 0 Å². The van der Waals surface area contributed by atoms with Gasteiger partial charge in [0, 0.05) is 138 Å². The molecule has 15 heterocycles. The van der Waals surface area contributed by atoms with Gasteiger partial charge in [0.05, 0.1) is 69.3 Å². The first-order valence-electron chi connectivity index (χ1n) is 44.8. The quantitative estimate of drug-likeness (QED) is 0.0160. The van der Waals surface area contributed by atoms with Crippen LogP contribution in [0.25, 0.3) is 58.6 Å². The summed E-state index contributed by atoms with van der Waals surface area (Å²) >= 11 is 0. The van der Waals surface area contributed by atoms with Crippen LogP contribution in [0.1, 0.15) is 175 Å². The van der Waals surface area contributed by atoms with E-state index in [2.05, 4.69) is 199 Å². The van der Waals surface area contributed by atoms with Crippen molar-refractivity contribution in [1.29, 1.82) is 0 Å². The maximum atomic E-state index is 12.0. The molecule has 132 heavy (non-hydrogen) atoms. The van der Waals surface area contributed by atoms with Crippen molar-refractivity contribution in [3.63, 3.8) is 0 Å². The number of rotatable bonds is 28. The third-order valence-corrected chi connectivity index (χ3v) is 23.5. The number of nitrogens with one attached hydrogen (secondary N) is 14. The topological polar surface area (TPSA) is 482 Å². The summed E-state index contributed by atoms with van der Waals surface area (Å²) in [6, 6.07) is 13.3. The van der Waals surface area contributed by atoms with Crippen molar-refractivity contribution >= 4 is 148 Å². The van der Waals surface area contributed by atoms with Gasteiger partial charge in [0.25, 0.3) is 5.91 Å². The van der Waals surface area contributed by atoms with Crippen LogP contribution < -0.4 is 79.3 Å². The fraction of sp³-hybridized carbons (Fsp3) is 0.385.